The van der Waals surface area contributed by atoms with Gasteiger partial charge in [-0.2, -0.15) is 40.9 Å². The molecule has 0 unspecified atom stereocenters. The van der Waals surface area contributed by atoms with Crippen LogP contribution in [0, 0.1) is 11.2 Å². The Morgan fingerprint density at radius 1 is 1.15 bits per heavy atom. The standard InChI is InChI=1S/C34H34ClF8N9O3/c1-31(2,3)16-33(20-7-5-18(13-22(20)36)23-9-12-50(49-23)27(37)38)26(53)51(29(44)47-33)25(15-55-30(54)48-32(10-11-32)34(41,42)43)19-6-8-21(35)24(14-19)52(28(39)40)46-17-45-4/h5-9,12-14,17,25,27-28H,4,10-11,15-16H2,1-3H3,(H2,44,47)(H,48,54)/b46-17-/t25-,33-/m1/s1. The second-order valence-electron chi connectivity index (χ2n) is 14.0. The summed E-state index contributed by atoms with van der Waals surface area (Å²) < 4.78 is 117. The zero-order valence-corrected chi connectivity index (χ0v) is 30.1. The summed E-state index contributed by atoms with van der Waals surface area (Å²) in [6.45, 7) is 1.16. The van der Waals surface area contributed by atoms with Gasteiger partial charge in [0.15, 0.2) is 11.5 Å². The molecule has 12 nitrogen and oxygen atoms in total. The molecule has 1 aliphatic heterocycles. The summed E-state index contributed by atoms with van der Waals surface area (Å²) in [5.74, 6) is -2.52. The molecule has 2 heterocycles. The predicted octanol–water partition coefficient (Wildman–Crippen LogP) is 7.76. The van der Waals surface area contributed by atoms with Gasteiger partial charge < -0.3 is 15.8 Å². The molecule has 2 atom stereocenters. The Morgan fingerprint density at radius 2 is 1.84 bits per heavy atom. The minimum absolute atomic E-state index is 0.00316. The van der Waals surface area contributed by atoms with E-state index in [1.165, 1.54) is 24.3 Å². The number of anilines is 1. The van der Waals surface area contributed by atoms with Gasteiger partial charge in [0.05, 0.1) is 22.4 Å². The molecular weight excluding hydrogens is 770 g/mol. The summed E-state index contributed by atoms with van der Waals surface area (Å²) in [7, 11) is 0. The van der Waals surface area contributed by atoms with Crippen molar-refractivity contribution < 1.29 is 49.4 Å². The highest BCUT2D eigenvalue weighted by Crippen LogP contribution is 2.49. The van der Waals surface area contributed by atoms with Crippen molar-refractivity contribution in [3.63, 3.8) is 0 Å². The number of hydrogen-bond acceptors (Lipinski definition) is 8. The second kappa shape index (κ2) is 15.1. The Morgan fingerprint density at radius 3 is 2.38 bits per heavy atom. The van der Waals surface area contributed by atoms with Gasteiger partial charge in [-0.1, -0.05) is 50.6 Å². The molecule has 0 radical (unpaired) electrons. The molecule has 0 bridgehead atoms. The largest absolute Gasteiger partial charge is 0.447 e. The first-order chi connectivity index (χ1) is 25.6. The number of carbonyl (C=O) groups excluding carboxylic acids is 2. The van der Waals surface area contributed by atoms with Crippen molar-refractivity contribution in [2.45, 2.75) is 76.4 Å². The van der Waals surface area contributed by atoms with E-state index in [9.17, 15) is 40.3 Å². The first kappa shape index (κ1) is 40.9. The molecular formula is C34H34ClF8N9O3. The van der Waals surface area contributed by atoms with E-state index in [-0.39, 0.29) is 38.8 Å². The van der Waals surface area contributed by atoms with Crippen molar-refractivity contribution in [2.75, 3.05) is 11.6 Å². The van der Waals surface area contributed by atoms with Gasteiger partial charge in [0.2, 0.25) is 0 Å². The topological polar surface area (TPSA) is 143 Å². The summed E-state index contributed by atoms with van der Waals surface area (Å²) in [6.07, 6.45) is -5.61. The first-order valence-corrected chi connectivity index (χ1v) is 16.7. The lowest BCUT2D eigenvalue weighted by Crippen LogP contribution is -2.50. The van der Waals surface area contributed by atoms with Gasteiger partial charge in [0.1, 0.15) is 24.3 Å². The normalized spacial score (nSPS) is 18.9. The number of aliphatic imine (C=N–C) groups is 2. The van der Waals surface area contributed by atoms with Crippen molar-refractivity contribution >= 4 is 48.3 Å². The number of aromatic nitrogens is 2. The van der Waals surface area contributed by atoms with Gasteiger partial charge in [0.25, 0.3) is 5.91 Å². The lowest BCUT2D eigenvalue weighted by Gasteiger charge is -2.35. The van der Waals surface area contributed by atoms with Gasteiger partial charge in [0, 0.05) is 17.3 Å². The van der Waals surface area contributed by atoms with Crippen LogP contribution in [0.2, 0.25) is 5.02 Å². The highest BCUT2D eigenvalue weighted by molar-refractivity contribution is 6.33. The molecule has 2 aromatic carbocycles. The maximum absolute atomic E-state index is 16.3. The molecule has 5 rings (SSSR count). The number of guanidine groups is 1. The summed E-state index contributed by atoms with van der Waals surface area (Å²) >= 11 is 6.26. The summed E-state index contributed by atoms with van der Waals surface area (Å²) in [4.78, 5) is 36.2. The van der Waals surface area contributed by atoms with E-state index in [1.807, 2.05) is 0 Å². The average Bonchev–Trinajstić information content (AvgIpc) is 3.62. The average molecular weight is 804 g/mol. The molecule has 21 heteroatoms. The molecule has 1 aromatic heterocycles. The van der Waals surface area contributed by atoms with Crippen LogP contribution in [0.15, 0.2) is 63.7 Å². The lowest BCUT2D eigenvalue weighted by atomic mass is 9.75. The number of amides is 2. The van der Waals surface area contributed by atoms with E-state index in [2.05, 4.69) is 26.9 Å². The molecule has 0 saturated heterocycles. The van der Waals surface area contributed by atoms with E-state index in [0.717, 1.165) is 29.3 Å². The third-order valence-corrected chi connectivity index (χ3v) is 9.11. The number of nitrogens with one attached hydrogen (secondary N) is 1. The smallest absolute Gasteiger partial charge is 0.411 e. The Labute approximate surface area is 313 Å². The highest BCUT2D eigenvalue weighted by atomic mass is 35.5. The van der Waals surface area contributed by atoms with Crippen LogP contribution in [0.3, 0.4) is 0 Å². The fourth-order valence-electron chi connectivity index (χ4n) is 6.20. The van der Waals surface area contributed by atoms with Gasteiger partial charge >= 0.3 is 25.4 Å². The van der Waals surface area contributed by atoms with E-state index in [0.29, 0.717) is 11.0 Å². The number of nitrogens with zero attached hydrogens (tertiary/aromatic N) is 7. The number of ether oxygens (including phenoxy) is 1. The van der Waals surface area contributed by atoms with Crippen LogP contribution in [0.1, 0.15) is 63.8 Å². The maximum atomic E-state index is 16.3. The van der Waals surface area contributed by atoms with Crippen LogP contribution in [0.5, 0.6) is 0 Å². The van der Waals surface area contributed by atoms with Crippen LogP contribution < -0.4 is 16.1 Å². The molecule has 2 amide bonds. The van der Waals surface area contributed by atoms with Crippen molar-refractivity contribution in [3.8, 4) is 11.3 Å². The predicted molar refractivity (Wildman–Crippen MR) is 186 cm³/mol. The van der Waals surface area contributed by atoms with Gasteiger partial charge in [-0.25, -0.2) is 23.9 Å². The number of halogens is 9. The van der Waals surface area contributed by atoms with Crippen molar-refractivity contribution in [2.24, 2.45) is 26.2 Å². The number of alkyl halides is 7. The zero-order chi connectivity index (χ0) is 40.7. The highest BCUT2D eigenvalue weighted by Gasteiger charge is 2.64. The Balaban J connectivity index is 1.60. The number of hydrazone groups is 1. The van der Waals surface area contributed by atoms with Gasteiger partial charge in [-0.15, -0.1) is 0 Å². The van der Waals surface area contributed by atoms with E-state index >= 15 is 4.39 Å². The minimum Gasteiger partial charge on any atom is -0.447 e. The molecule has 1 aliphatic carbocycles. The minimum atomic E-state index is -4.80. The van der Waals surface area contributed by atoms with E-state index in [4.69, 9.17) is 22.1 Å². The van der Waals surface area contributed by atoms with Crippen molar-refractivity contribution in [3.05, 3.63) is 70.6 Å². The number of carbonyl (C=O) groups is 2. The molecule has 3 N–H and O–H groups in total. The number of hydrogen-bond donors (Lipinski definition) is 2. The van der Waals surface area contributed by atoms with E-state index < -0.39 is 90.7 Å². The molecule has 2 aliphatic rings. The van der Waals surface area contributed by atoms with Crippen LogP contribution >= 0.6 is 11.6 Å². The Kier molecular flexibility index (Phi) is 11.2. The van der Waals surface area contributed by atoms with Crippen LogP contribution in [-0.4, -0.2) is 70.6 Å². The number of alkyl carbamates (subject to hydrolysis) is 1. The third-order valence-electron chi connectivity index (χ3n) is 8.79. The van der Waals surface area contributed by atoms with E-state index in [1.54, 1.807) is 26.1 Å². The first-order valence-electron chi connectivity index (χ1n) is 16.3. The molecule has 1 fully saturated rings. The summed E-state index contributed by atoms with van der Waals surface area (Å²) in [6, 6.07) is 6.64. The maximum Gasteiger partial charge on any atom is 0.411 e. The van der Waals surface area contributed by atoms with Crippen LogP contribution in [0.4, 0.5) is 45.6 Å². The van der Waals surface area contributed by atoms with Crippen LogP contribution in [0.25, 0.3) is 11.3 Å². The Bertz CT molecular complexity index is 2010. The molecule has 296 valence electrons. The van der Waals surface area contributed by atoms with Crippen LogP contribution in [-0.2, 0) is 15.1 Å². The number of rotatable bonds is 13. The molecule has 3 aromatic rings. The number of benzene rings is 2. The van der Waals surface area contributed by atoms with Crippen molar-refractivity contribution in [1.29, 1.82) is 0 Å². The fraction of sp³-hybridized carbons (Fsp3) is 0.412. The molecule has 55 heavy (non-hydrogen) atoms. The summed E-state index contributed by atoms with van der Waals surface area (Å²) in [5, 5.41) is 8.97. The Hall–Kier alpha value is -5.27. The third kappa shape index (κ3) is 8.37. The van der Waals surface area contributed by atoms with Crippen molar-refractivity contribution in [1.82, 2.24) is 20.0 Å². The molecule has 0 spiro atoms. The fourth-order valence-corrected chi connectivity index (χ4v) is 6.40. The van der Waals surface area contributed by atoms with Gasteiger partial charge in [-0.05, 0) is 61.2 Å². The quantitative estimate of drug-likeness (QED) is 0.0595. The molecule has 1 saturated carbocycles. The summed E-state index contributed by atoms with van der Waals surface area (Å²) in [5.41, 5.74) is 0.262. The SMILES string of the molecule is C=N/C=N\N(c1cc([C@@H](COC(=O)NC2(C(F)(F)F)CC2)N2C(=O)[C@@](CC(C)(C)C)(c3ccc(-c4ccn(C(F)F)n4)cc3F)N=C2N)ccc1Cl)C(F)F. The number of nitrogens with two attached hydrogens (primary N) is 1. The second-order valence-corrected chi connectivity index (χ2v) is 14.4. The van der Waals surface area contributed by atoms with Gasteiger partial charge in [-0.3, -0.25) is 14.7 Å². The zero-order valence-electron chi connectivity index (χ0n) is 29.3. The lowest BCUT2D eigenvalue weighted by molar-refractivity contribution is -0.164. The monoisotopic (exact) mass is 803 g/mol.